The summed E-state index contributed by atoms with van der Waals surface area (Å²) in [6.07, 6.45) is 0.235. The highest BCUT2D eigenvalue weighted by molar-refractivity contribution is 5.97. The first-order valence-electron chi connectivity index (χ1n) is 9.17. The Hall–Kier alpha value is -2.82. The first-order chi connectivity index (χ1) is 12.9. The van der Waals surface area contributed by atoms with Crippen LogP contribution < -0.4 is 14.5 Å². The van der Waals surface area contributed by atoms with E-state index in [1.807, 2.05) is 63.2 Å². The zero-order valence-electron chi connectivity index (χ0n) is 16.8. The molecule has 27 heavy (non-hydrogen) atoms. The van der Waals surface area contributed by atoms with Gasteiger partial charge in [0.05, 0.1) is 12.8 Å². The van der Waals surface area contributed by atoms with E-state index in [4.69, 9.17) is 4.74 Å². The molecule has 2 amide bonds. The number of anilines is 2. The van der Waals surface area contributed by atoms with Crippen molar-refractivity contribution in [2.24, 2.45) is 0 Å². The lowest BCUT2D eigenvalue weighted by molar-refractivity contribution is -0.118. The molecule has 2 aromatic rings. The van der Waals surface area contributed by atoms with E-state index >= 15 is 0 Å². The number of carbonyl (C=O) groups is 2. The molecule has 0 unspecified atom stereocenters. The highest BCUT2D eigenvalue weighted by Gasteiger charge is 2.20. The van der Waals surface area contributed by atoms with E-state index in [1.54, 1.807) is 16.9 Å². The average molecular weight is 368 g/mol. The molecule has 144 valence electrons. The second kappa shape index (κ2) is 9.21. The molecular weight excluding hydrogens is 340 g/mol. The van der Waals surface area contributed by atoms with E-state index in [2.05, 4.69) is 0 Å². The number of hydrogen-bond donors (Lipinski definition) is 0. The molecule has 0 heterocycles. The van der Waals surface area contributed by atoms with Gasteiger partial charge in [-0.3, -0.25) is 9.59 Å². The zero-order valence-corrected chi connectivity index (χ0v) is 16.8. The maximum absolute atomic E-state index is 12.8. The van der Waals surface area contributed by atoms with Gasteiger partial charge in [-0.2, -0.15) is 0 Å². The molecule has 5 heteroatoms. The Morgan fingerprint density at radius 1 is 1.00 bits per heavy atom. The summed E-state index contributed by atoms with van der Waals surface area (Å²) in [6.45, 7) is 8.30. The Labute approximate surface area is 161 Å². The van der Waals surface area contributed by atoms with Gasteiger partial charge in [0, 0.05) is 32.1 Å². The van der Waals surface area contributed by atoms with Crippen LogP contribution in [0.5, 0.6) is 5.75 Å². The fourth-order valence-electron chi connectivity index (χ4n) is 3.10. The normalized spacial score (nSPS) is 10.4. The van der Waals surface area contributed by atoms with Crippen molar-refractivity contribution in [1.29, 1.82) is 0 Å². The minimum Gasteiger partial charge on any atom is -0.495 e. The number of rotatable bonds is 7. The van der Waals surface area contributed by atoms with Crippen LogP contribution in [0.4, 0.5) is 11.4 Å². The predicted molar refractivity (Wildman–Crippen MR) is 110 cm³/mol. The summed E-state index contributed by atoms with van der Waals surface area (Å²) in [4.78, 5) is 28.4. The highest BCUT2D eigenvalue weighted by atomic mass is 16.5. The maximum Gasteiger partial charge on any atom is 0.228 e. The number of aryl methyl sites for hydroxylation is 2. The molecule has 5 nitrogen and oxygen atoms in total. The summed E-state index contributed by atoms with van der Waals surface area (Å²) in [5.74, 6) is 0.487. The molecule has 2 rings (SSSR count). The van der Waals surface area contributed by atoms with Crippen LogP contribution in [0, 0.1) is 13.8 Å². The molecular formula is C22H28N2O3. The van der Waals surface area contributed by atoms with Crippen LogP contribution in [0.1, 0.15) is 31.4 Å². The quantitative estimate of drug-likeness (QED) is 0.739. The van der Waals surface area contributed by atoms with E-state index < -0.39 is 0 Å². The molecule has 0 saturated carbocycles. The van der Waals surface area contributed by atoms with Gasteiger partial charge >= 0.3 is 0 Å². The second-order valence-corrected chi connectivity index (χ2v) is 6.57. The molecule has 0 saturated heterocycles. The topological polar surface area (TPSA) is 49.9 Å². The van der Waals surface area contributed by atoms with Gasteiger partial charge in [0.25, 0.3) is 0 Å². The van der Waals surface area contributed by atoms with Crippen LogP contribution in [0.3, 0.4) is 0 Å². The van der Waals surface area contributed by atoms with Crippen molar-refractivity contribution < 1.29 is 14.3 Å². The van der Waals surface area contributed by atoms with Gasteiger partial charge in [0.1, 0.15) is 5.75 Å². The molecule has 0 aliphatic carbocycles. The second-order valence-electron chi connectivity index (χ2n) is 6.57. The van der Waals surface area contributed by atoms with Crippen LogP contribution in [0.2, 0.25) is 0 Å². The lowest BCUT2D eigenvalue weighted by Gasteiger charge is -2.26. The molecule has 0 aliphatic rings. The van der Waals surface area contributed by atoms with Crippen LogP contribution in [-0.2, 0) is 9.59 Å². The standard InChI is InChI=1S/C22H28N2O3/c1-6-23(19-9-7-8-16(2)14-19)22(26)12-13-24(18(4)25)20-15-17(3)10-11-21(20)27-5/h7-11,14-15H,6,12-13H2,1-5H3. The van der Waals surface area contributed by atoms with E-state index in [0.29, 0.717) is 24.5 Å². The predicted octanol–water partition coefficient (Wildman–Crippen LogP) is 4.11. The van der Waals surface area contributed by atoms with Gasteiger partial charge in [-0.05, 0) is 56.2 Å². The Morgan fingerprint density at radius 3 is 2.30 bits per heavy atom. The number of methoxy groups -OCH3 is 1. The van der Waals surface area contributed by atoms with E-state index in [0.717, 1.165) is 16.8 Å². The first kappa shape index (κ1) is 20.5. The lowest BCUT2D eigenvalue weighted by Crippen LogP contribution is -2.36. The van der Waals surface area contributed by atoms with E-state index in [9.17, 15) is 9.59 Å². The summed E-state index contributed by atoms with van der Waals surface area (Å²) in [5, 5.41) is 0. The van der Waals surface area contributed by atoms with Gasteiger partial charge in [0.2, 0.25) is 11.8 Å². The van der Waals surface area contributed by atoms with Gasteiger partial charge in [-0.1, -0.05) is 18.2 Å². The van der Waals surface area contributed by atoms with Crippen molar-refractivity contribution in [1.82, 2.24) is 0 Å². The molecule has 0 atom stereocenters. The van der Waals surface area contributed by atoms with Crippen LogP contribution in [0.15, 0.2) is 42.5 Å². The lowest BCUT2D eigenvalue weighted by atomic mass is 10.1. The zero-order chi connectivity index (χ0) is 20.0. The van der Waals surface area contributed by atoms with Crippen LogP contribution in [0.25, 0.3) is 0 Å². The van der Waals surface area contributed by atoms with Crippen LogP contribution in [-0.4, -0.2) is 32.0 Å². The van der Waals surface area contributed by atoms with Crippen molar-refractivity contribution in [3.8, 4) is 5.75 Å². The summed E-state index contributed by atoms with van der Waals surface area (Å²) < 4.78 is 5.40. The highest BCUT2D eigenvalue weighted by Crippen LogP contribution is 2.30. The van der Waals surface area contributed by atoms with Crippen molar-refractivity contribution >= 4 is 23.2 Å². The SMILES string of the molecule is CCN(C(=O)CCN(C(C)=O)c1cc(C)ccc1OC)c1cccc(C)c1. The number of nitrogens with zero attached hydrogens (tertiary/aromatic N) is 2. The summed E-state index contributed by atoms with van der Waals surface area (Å²) in [7, 11) is 1.58. The Morgan fingerprint density at radius 2 is 1.70 bits per heavy atom. The molecule has 0 aromatic heterocycles. The Balaban J connectivity index is 2.19. The van der Waals surface area contributed by atoms with Gasteiger partial charge < -0.3 is 14.5 Å². The third kappa shape index (κ3) is 5.09. The third-order valence-corrected chi connectivity index (χ3v) is 4.49. The summed E-state index contributed by atoms with van der Waals surface area (Å²) in [5.41, 5.74) is 3.70. The van der Waals surface area contributed by atoms with Crippen molar-refractivity contribution in [3.05, 3.63) is 53.6 Å². The number of amides is 2. The summed E-state index contributed by atoms with van der Waals surface area (Å²) in [6, 6.07) is 13.6. The molecule has 2 aromatic carbocycles. The maximum atomic E-state index is 12.8. The molecule has 0 radical (unpaired) electrons. The monoisotopic (exact) mass is 368 g/mol. The third-order valence-electron chi connectivity index (χ3n) is 4.49. The smallest absolute Gasteiger partial charge is 0.228 e. The Kier molecular flexibility index (Phi) is 6.99. The minimum absolute atomic E-state index is 0.0130. The average Bonchev–Trinajstić information content (AvgIpc) is 2.62. The van der Waals surface area contributed by atoms with Crippen molar-refractivity contribution in [3.63, 3.8) is 0 Å². The number of carbonyl (C=O) groups excluding carboxylic acids is 2. The first-order valence-corrected chi connectivity index (χ1v) is 9.17. The van der Waals surface area contributed by atoms with E-state index in [1.165, 1.54) is 6.92 Å². The molecule has 0 fully saturated rings. The fourth-order valence-corrected chi connectivity index (χ4v) is 3.10. The molecule has 0 aliphatic heterocycles. The largest absolute Gasteiger partial charge is 0.495 e. The van der Waals surface area contributed by atoms with Crippen molar-refractivity contribution in [2.45, 2.75) is 34.1 Å². The van der Waals surface area contributed by atoms with Crippen LogP contribution >= 0.6 is 0 Å². The molecule has 0 bridgehead atoms. The Bertz CT molecular complexity index is 817. The van der Waals surface area contributed by atoms with Crippen molar-refractivity contribution in [2.75, 3.05) is 30.0 Å². The minimum atomic E-state index is -0.120. The van der Waals surface area contributed by atoms with Gasteiger partial charge in [-0.15, -0.1) is 0 Å². The molecule has 0 N–H and O–H groups in total. The summed E-state index contributed by atoms with van der Waals surface area (Å²) >= 11 is 0. The number of benzene rings is 2. The molecule has 0 spiro atoms. The van der Waals surface area contributed by atoms with Gasteiger partial charge in [0.15, 0.2) is 0 Å². The number of hydrogen-bond acceptors (Lipinski definition) is 3. The van der Waals surface area contributed by atoms with E-state index in [-0.39, 0.29) is 18.2 Å². The number of ether oxygens (including phenoxy) is 1. The van der Waals surface area contributed by atoms with Gasteiger partial charge in [-0.25, -0.2) is 0 Å². The fraction of sp³-hybridized carbons (Fsp3) is 0.364.